The summed E-state index contributed by atoms with van der Waals surface area (Å²) in [5.41, 5.74) is 1.10. The lowest BCUT2D eigenvalue weighted by Gasteiger charge is -2.12. The van der Waals surface area contributed by atoms with E-state index in [1.165, 1.54) is 23.7 Å². The van der Waals surface area contributed by atoms with Gasteiger partial charge in [0.05, 0.1) is 16.5 Å². The van der Waals surface area contributed by atoms with Crippen LogP contribution in [0.1, 0.15) is 49.1 Å². The van der Waals surface area contributed by atoms with Crippen LogP contribution in [0.5, 0.6) is 0 Å². The third kappa shape index (κ3) is 1.45. The largest absolute Gasteiger partial charge is 0.388 e. The number of hydrogen-bond acceptors (Lipinski definition) is 5. The quantitative estimate of drug-likeness (QED) is 0.725. The number of hydrogen-bond donors (Lipinski definition) is 1. The van der Waals surface area contributed by atoms with E-state index in [2.05, 4.69) is 4.98 Å². The highest BCUT2D eigenvalue weighted by molar-refractivity contribution is 7.14. The molecule has 0 spiro atoms. The molecule has 0 saturated carbocycles. The Morgan fingerprint density at radius 2 is 2.00 bits per heavy atom. The van der Waals surface area contributed by atoms with Crippen molar-refractivity contribution in [2.45, 2.75) is 13.0 Å². The molecular weight excluding hydrogens is 250 g/mol. The average molecular weight is 259 g/mol. The van der Waals surface area contributed by atoms with Crippen molar-refractivity contribution in [2.24, 2.45) is 0 Å². The number of aromatic nitrogens is 1. The van der Waals surface area contributed by atoms with Gasteiger partial charge in [-0.05, 0) is 19.1 Å². The molecule has 1 aliphatic carbocycles. The van der Waals surface area contributed by atoms with Crippen molar-refractivity contribution < 1.29 is 14.7 Å². The van der Waals surface area contributed by atoms with Gasteiger partial charge in [-0.25, -0.2) is 0 Å². The number of nitrogens with zero attached hydrogens (tertiary/aromatic N) is 1. The van der Waals surface area contributed by atoms with Crippen LogP contribution in [0.2, 0.25) is 0 Å². The van der Waals surface area contributed by atoms with Crippen molar-refractivity contribution >= 4 is 22.9 Å². The minimum absolute atomic E-state index is 0.168. The second kappa shape index (κ2) is 3.83. The lowest BCUT2D eigenvalue weighted by atomic mass is 9.90. The number of aliphatic hydroxyl groups is 1. The number of aliphatic hydroxyl groups excluding tert-OH is 1. The van der Waals surface area contributed by atoms with Crippen molar-refractivity contribution in [3.63, 3.8) is 0 Å². The van der Waals surface area contributed by atoms with Crippen molar-refractivity contribution in [2.75, 3.05) is 0 Å². The van der Waals surface area contributed by atoms with Crippen LogP contribution in [0.4, 0.5) is 0 Å². The summed E-state index contributed by atoms with van der Waals surface area (Å²) in [5, 5.41) is 9.54. The first-order valence-electron chi connectivity index (χ1n) is 5.45. The molecule has 2 aromatic heterocycles. The van der Waals surface area contributed by atoms with Gasteiger partial charge in [0.2, 0.25) is 5.78 Å². The lowest BCUT2D eigenvalue weighted by molar-refractivity contribution is 0.0982. The van der Waals surface area contributed by atoms with Gasteiger partial charge in [0.15, 0.2) is 5.78 Å². The first-order valence-corrected chi connectivity index (χ1v) is 6.26. The first kappa shape index (κ1) is 11.3. The van der Waals surface area contributed by atoms with Gasteiger partial charge in [0.1, 0.15) is 0 Å². The van der Waals surface area contributed by atoms with E-state index in [0.717, 1.165) is 0 Å². The summed E-state index contributed by atoms with van der Waals surface area (Å²) in [6.07, 6.45) is 2.23. The summed E-state index contributed by atoms with van der Waals surface area (Å²) in [5.74, 6) is -0.366. The Morgan fingerprint density at radius 1 is 1.22 bits per heavy atom. The number of carbonyl (C=O) groups excluding carboxylic acids is 2. The van der Waals surface area contributed by atoms with Gasteiger partial charge in [-0.15, -0.1) is 11.3 Å². The molecular formula is C13H9NO3S. The highest BCUT2D eigenvalue weighted by Crippen LogP contribution is 2.35. The monoisotopic (exact) mass is 259 g/mol. The molecule has 90 valence electrons. The van der Waals surface area contributed by atoms with E-state index in [-0.39, 0.29) is 11.6 Å². The zero-order valence-electron chi connectivity index (χ0n) is 9.51. The molecule has 2 heterocycles. The van der Waals surface area contributed by atoms with Crippen LogP contribution < -0.4 is 0 Å². The summed E-state index contributed by atoms with van der Waals surface area (Å²) >= 11 is 1.18. The van der Waals surface area contributed by atoms with Crippen molar-refractivity contribution in [3.8, 4) is 0 Å². The Labute approximate surface area is 107 Å². The molecule has 0 aliphatic heterocycles. The zero-order chi connectivity index (χ0) is 12.9. The van der Waals surface area contributed by atoms with E-state index in [1.807, 2.05) is 0 Å². The second-order valence-electron chi connectivity index (χ2n) is 4.15. The number of ketones is 2. The molecule has 18 heavy (non-hydrogen) atoms. The van der Waals surface area contributed by atoms with Gasteiger partial charge in [-0.3, -0.25) is 14.6 Å². The highest BCUT2D eigenvalue weighted by atomic mass is 32.1. The maximum atomic E-state index is 12.2. The predicted octanol–water partition coefficient (Wildman–Crippen LogP) is 1.97. The van der Waals surface area contributed by atoms with Gasteiger partial charge in [0.25, 0.3) is 0 Å². The third-order valence-corrected chi connectivity index (χ3v) is 4.23. The number of pyridine rings is 1. The maximum absolute atomic E-state index is 12.2. The van der Waals surface area contributed by atoms with Gasteiger partial charge < -0.3 is 5.11 Å². The number of rotatable bonds is 1. The Hall–Kier alpha value is -1.85. The molecule has 0 aromatic carbocycles. The van der Waals surface area contributed by atoms with E-state index in [9.17, 15) is 14.7 Å². The molecule has 4 nitrogen and oxygen atoms in total. The summed E-state index contributed by atoms with van der Waals surface area (Å²) in [6, 6.07) is 3.15. The van der Waals surface area contributed by atoms with E-state index >= 15 is 0 Å². The predicted molar refractivity (Wildman–Crippen MR) is 66.1 cm³/mol. The minimum Gasteiger partial charge on any atom is -0.388 e. The topological polar surface area (TPSA) is 67.3 Å². The lowest BCUT2D eigenvalue weighted by Crippen LogP contribution is -2.18. The SMILES string of the molecule is CC(O)c1cc2c(s1)C(=O)c1ccncc1C2=O. The van der Waals surface area contributed by atoms with Gasteiger partial charge in [0, 0.05) is 28.4 Å². The molecule has 0 amide bonds. The average Bonchev–Trinajstić information content (AvgIpc) is 2.81. The standard InChI is InChI=1S/C13H9NO3S/c1-6(15)10-4-8-11(16)9-5-14-3-2-7(9)12(17)13(8)18-10/h2-6,15H,1H3. The van der Waals surface area contributed by atoms with E-state index in [1.54, 1.807) is 19.1 Å². The van der Waals surface area contributed by atoms with Gasteiger partial charge >= 0.3 is 0 Å². The Kier molecular flexibility index (Phi) is 2.39. The van der Waals surface area contributed by atoms with Crippen molar-refractivity contribution in [1.82, 2.24) is 4.98 Å². The molecule has 3 rings (SSSR count). The molecule has 1 N–H and O–H groups in total. The van der Waals surface area contributed by atoms with Crippen LogP contribution in [0.15, 0.2) is 24.5 Å². The molecule has 2 aromatic rings. The molecule has 1 atom stereocenters. The fraction of sp³-hybridized carbons (Fsp3) is 0.154. The summed E-state index contributed by atoms with van der Waals surface area (Å²) in [4.78, 5) is 29.4. The van der Waals surface area contributed by atoms with Crippen LogP contribution in [0.25, 0.3) is 0 Å². The summed E-state index contributed by atoms with van der Waals surface area (Å²) in [6.45, 7) is 1.61. The van der Waals surface area contributed by atoms with Crippen LogP contribution in [0.3, 0.4) is 0 Å². The third-order valence-electron chi connectivity index (χ3n) is 2.92. The van der Waals surface area contributed by atoms with E-state index in [0.29, 0.717) is 26.4 Å². The molecule has 5 heteroatoms. The number of thiophene rings is 1. The number of fused-ring (bicyclic) bond motifs is 2. The number of carbonyl (C=O) groups is 2. The zero-order valence-corrected chi connectivity index (χ0v) is 10.3. The molecule has 0 radical (unpaired) electrons. The summed E-state index contributed by atoms with van der Waals surface area (Å²) in [7, 11) is 0. The van der Waals surface area contributed by atoms with Gasteiger partial charge in [-0.2, -0.15) is 0 Å². The van der Waals surface area contributed by atoms with Crippen LogP contribution in [0, 0.1) is 0 Å². The van der Waals surface area contributed by atoms with Crippen molar-refractivity contribution in [1.29, 1.82) is 0 Å². The van der Waals surface area contributed by atoms with Crippen molar-refractivity contribution in [3.05, 3.63) is 51.0 Å². The fourth-order valence-corrected chi connectivity index (χ4v) is 3.04. The van der Waals surface area contributed by atoms with Crippen LogP contribution in [-0.4, -0.2) is 21.7 Å². The molecule has 0 bridgehead atoms. The van der Waals surface area contributed by atoms with Gasteiger partial charge in [-0.1, -0.05) is 0 Å². The fourth-order valence-electron chi connectivity index (χ4n) is 1.99. The smallest absolute Gasteiger partial charge is 0.204 e. The van der Waals surface area contributed by atoms with E-state index in [4.69, 9.17) is 0 Å². The Morgan fingerprint density at radius 3 is 2.72 bits per heavy atom. The first-order chi connectivity index (χ1) is 8.59. The minimum atomic E-state index is -0.678. The molecule has 1 aliphatic rings. The van der Waals surface area contributed by atoms with Crippen LogP contribution >= 0.6 is 11.3 Å². The summed E-state index contributed by atoms with van der Waals surface area (Å²) < 4.78 is 0. The molecule has 1 unspecified atom stereocenters. The molecule has 0 saturated heterocycles. The molecule has 0 fully saturated rings. The maximum Gasteiger partial charge on any atom is 0.204 e. The second-order valence-corrected chi connectivity index (χ2v) is 5.23. The van der Waals surface area contributed by atoms with E-state index < -0.39 is 6.10 Å². The Bertz CT molecular complexity index is 620. The normalized spacial score (nSPS) is 15.2. The highest BCUT2D eigenvalue weighted by Gasteiger charge is 2.32. The van der Waals surface area contributed by atoms with Crippen LogP contribution in [-0.2, 0) is 0 Å². The Balaban J connectivity index is 2.24.